The van der Waals surface area contributed by atoms with Crippen molar-refractivity contribution in [3.63, 3.8) is 0 Å². The highest BCUT2D eigenvalue weighted by atomic mass is 35.5. The molecule has 0 bridgehead atoms. The second-order valence-corrected chi connectivity index (χ2v) is 6.75. The third-order valence-corrected chi connectivity index (χ3v) is 4.43. The topological polar surface area (TPSA) is 102 Å². The maximum Gasteiger partial charge on any atom is 0.321 e. The fourth-order valence-corrected chi connectivity index (χ4v) is 3.05. The van der Waals surface area contributed by atoms with Crippen LogP contribution in [0.2, 0.25) is 5.02 Å². The predicted octanol–water partition coefficient (Wildman–Crippen LogP) is 2.71. The van der Waals surface area contributed by atoms with E-state index >= 15 is 0 Å². The number of aromatic nitrogens is 4. The number of hydrogen-bond acceptors (Lipinski definition) is 5. The number of allylic oxidation sites excluding steroid dienone is 1. The first-order chi connectivity index (χ1) is 13.1. The number of carbonyl (C=O) groups is 2. The van der Waals surface area contributed by atoms with Crippen molar-refractivity contribution in [1.82, 2.24) is 30.8 Å². The Morgan fingerprint density at radius 3 is 2.93 bits per heavy atom. The van der Waals surface area contributed by atoms with Gasteiger partial charge in [0, 0.05) is 17.1 Å². The van der Waals surface area contributed by atoms with Crippen molar-refractivity contribution >= 4 is 23.5 Å². The first-order valence-corrected chi connectivity index (χ1v) is 9.27. The highest BCUT2D eigenvalue weighted by Crippen LogP contribution is 2.19. The van der Waals surface area contributed by atoms with Gasteiger partial charge >= 0.3 is 6.03 Å². The molecule has 0 saturated heterocycles. The van der Waals surface area contributed by atoms with Gasteiger partial charge in [-0.2, -0.15) is 4.80 Å². The zero-order valence-electron chi connectivity index (χ0n) is 14.8. The third-order valence-electron chi connectivity index (χ3n) is 4.19. The summed E-state index contributed by atoms with van der Waals surface area (Å²) in [6, 6.07) is 6.50. The second-order valence-electron chi connectivity index (χ2n) is 6.32. The van der Waals surface area contributed by atoms with Gasteiger partial charge in [0.05, 0.1) is 0 Å². The molecule has 0 aliphatic heterocycles. The molecule has 2 aromatic rings. The summed E-state index contributed by atoms with van der Waals surface area (Å²) in [5.41, 5.74) is 2.07. The number of nitrogens with one attached hydrogen (secondary N) is 2. The molecule has 3 rings (SSSR count). The van der Waals surface area contributed by atoms with Crippen LogP contribution in [0.4, 0.5) is 4.79 Å². The number of nitrogens with zero attached hydrogens (tertiary/aromatic N) is 4. The van der Waals surface area contributed by atoms with Crippen LogP contribution >= 0.6 is 11.6 Å². The van der Waals surface area contributed by atoms with E-state index in [1.807, 2.05) is 0 Å². The molecule has 0 saturated carbocycles. The number of hydrogen-bond donors (Lipinski definition) is 2. The minimum atomic E-state index is -0.522. The normalized spacial score (nSPS) is 13.7. The molecule has 0 atom stereocenters. The summed E-state index contributed by atoms with van der Waals surface area (Å²) in [5, 5.41) is 17.4. The molecule has 1 aromatic heterocycles. The average molecular weight is 389 g/mol. The Labute approximate surface area is 162 Å². The molecule has 8 nitrogen and oxygen atoms in total. The average Bonchev–Trinajstić information content (AvgIpc) is 3.11. The van der Waals surface area contributed by atoms with E-state index < -0.39 is 11.9 Å². The van der Waals surface area contributed by atoms with Crippen molar-refractivity contribution in [2.24, 2.45) is 0 Å². The highest BCUT2D eigenvalue weighted by molar-refractivity contribution is 6.30. The zero-order valence-corrected chi connectivity index (χ0v) is 15.6. The Morgan fingerprint density at radius 2 is 2.15 bits per heavy atom. The van der Waals surface area contributed by atoms with Crippen molar-refractivity contribution in [3.8, 4) is 11.4 Å². The van der Waals surface area contributed by atoms with Gasteiger partial charge in [-0.15, -0.1) is 10.2 Å². The Morgan fingerprint density at radius 1 is 1.26 bits per heavy atom. The number of halogens is 1. The fraction of sp³-hybridized carbons (Fsp3) is 0.389. The van der Waals surface area contributed by atoms with E-state index in [4.69, 9.17) is 11.6 Å². The van der Waals surface area contributed by atoms with Crippen molar-refractivity contribution in [2.45, 2.75) is 38.6 Å². The molecule has 1 aliphatic carbocycles. The van der Waals surface area contributed by atoms with Crippen LogP contribution < -0.4 is 10.6 Å². The lowest BCUT2D eigenvalue weighted by Gasteiger charge is -2.13. The summed E-state index contributed by atoms with van der Waals surface area (Å²) >= 11 is 5.94. The van der Waals surface area contributed by atoms with Crippen molar-refractivity contribution in [1.29, 1.82) is 0 Å². The molecule has 1 aromatic carbocycles. The molecule has 3 amide bonds. The number of carbonyl (C=O) groups excluding carboxylic acids is 2. The lowest BCUT2D eigenvalue weighted by atomic mass is 9.97. The van der Waals surface area contributed by atoms with Crippen LogP contribution in [-0.4, -0.2) is 38.7 Å². The summed E-state index contributed by atoms with van der Waals surface area (Å²) in [6.45, 7) is 0.303. The minimum Gasteiger partial charge on any atom is -0.337 e. The number of benzene rings is 1. The van der Waals surface area contributed by atoms with Gasteiger partial charge in [-0.3, -0.25) is 10.1 Å². The summed E-state index contributed by atoms with van der Waals surface area (Å²) in [4.78, 5) is 24.9. The molecule has 142 valence electrons. The van der Waals surface area contributed by atoms with Gasteiger partial charge in [0.25, 0.3) is 5.91 Å². The minimum absolute atomic E-state index is 0.202. The first kappa shape index (κ1) is 19.0. The van der Waals surface area contributed by atoms with Crippen LogP contribution in [-0.2, 0) is 11.3 Å². The van der Waals surface area contributed by atoms with Crippen LogP contribution in [0.25, 0.3) is 11.4 Å². The van der Waals surface area contributed by atoms with Gasteiger partial charge < -0.3 is 5.32 Å². The van der Waals surface area contributed by atoms with Gasteiger partial charge in [-0.05, 0) is 49.5 Å². The predicted molar refractivity (Wildman–Crippen MR) is 101 cm³/mol. The number of rotatable bonds is 6. The molecule has 9 heteroatoms. The van der Waals surface area contributed by atoms with Crippen LogP contribution in [0, 0.1) is 0 Å². The van der Waals surface area contributed by atoms with Crippen molar-refractivity contribution in [2.75, 3.05) is 6.54 Å². The molecule has 0 spiro atoms. The Balaban J connectivity index is 1.43. The van der Waals surface area contributed by atoms with Gasteiger partial charge in [0.15, 0.2) is 0 Å². The Bertz CT molecular complexity index is 848. The standard InChI is InChI=1S/C18H21ClN6O2/c19-15-8-4-7-14(11-15)17-22-24-25(23-17)12-16(26)21-18(27)20-10-9-13-5-2-1-3-6-13/h4-5,7-8,11H,1-3,6,9-10,12H2,(H2,20,21,26,27). The van der Waals surface area contributed by atoms with Gasteiger partial charge in [0.1, 0.15) is 6.54 Å². The number of tetrazole rings is 1. The molecule has 0 unspecified atom stereocenters. The van der Waals surface area contributed by atoms with E-state index in [-0.39, 0.29) is 6.54 Å². The van der Waals surface area contributed by atoms with Crippen molar-refractivity contribution in [3.05, 3.63) is 40.9 Å². The fourth-order valence-electron chi connectivity index (χ4n) is 2.86. The van der Waals surface area contributed by atoms with E-state index in [0.717, 1.165) is 24.1 Å². The Hall–Kier alpha value is -2.74. The molecular weight excluding hydrogens is 368 g/mol. The molecule has 1 aliphatic rings. The van der Waals surface area contributed by atoms with Crippen molar-refractivity contribution < 1.29 is 9.59 Å². The highest BCUT2D eigenvalue weighted by Gasteiger charge is 2.12. The molecular formula is C18H21ClN6O2. The van der Waals surface area contributed by atoms with Gasteiger partial charge in [-0.25, -0.2) is 4.79 Å². The molecule has 27 heavy (non-hydrogen) atoms. The molecule has 0 fully saturated rings. The molecule has 2 N–H and O–H groups in total. The van der Waals surface area contributed by atoms with Crippen LogP contribution in [0.5, 0.6) is 0 Å². The SMILES string of the molecule is O=C(Cn1nnc(-c2cccc(Cl)c2)n1)NC(=O)NCCC1=CCCCC1. The molecule has 0 radical (unpaired) electrons. The van der Waals surface area contributed by atoms with E-state index in [9.17, 15) is 9.59 Å². The summed E-state index contributed by atoms with van der Waals surface area (Å²) in [6.07, 6.45) is 7.70. The smallest absolute Gasteiger partial charge is 0.321 e. The van der Waals surface area contributed by atoms with Crippen LogP contribution in [0.1, 0.15) is 32.1 Å². The second kappa shape index (κ2) is 9.27. The largest absolute Gasteiger partial charge is 0.337 e. The van der Waals surface area contributed by atoms with E-state index in [1.165, 1.54) is 18.4 Å². The van der Waals surface area contributed by atoms with E-state index in [1.54, 1.807) is 24.3 Å². The van der Waals surface area contributed by atoms with Crippen LogP contribution in [0.3, 0.4) is 0 Å². The quantitative estimate of drug-likeness (QED) is 0.741. The van der Waals surface area contributed by atoms with E-state index in [0.29, 0.717) is 23.0 Å². The lowest BCUT2D eigenvalue weighted by Crippen LogP contribution is -2.41. The van der Waals surface area contributed by atoms with Crippen LogP contribution in [0.15, 0.2) is 35.9 Å². The zero-order chi connectivity index (χ0) is 19.1. The van der Waals surface area contributed by atoms with Gasteiger partial charge in [-0.1, -0.05) is 35.4 Å². The number of amides is 3. The summed E-state index contributed by atoms with van der Waals surface area (Å²) in [5.74, 6) is -0.157. The first-order valence-electron chi connectivity index (χ1n) is 8.89. The van der Waals surface area contributed by atoms with Gasteiger partial charge in [0.2, 0.25) is 5.82 Å². The Kier molecular flexibility index (Phi) is 6.54. The maximum atomic E-state index is 12.0. The number of urea groups is 1. The third kappa shape index (κ3) is 5.89. The monoisotopic (exact) mass is 388 g/mol. The summed E-state index contributed by atoms with van der Waals surface area (Å²) in [7, 11) is 0. The molecule has 1 heterocycles. The van der Waals surface area contributed by atoms with E-state index in [2.05, 4.69) is 32.1 Å². The number of imide groups is 1. The lowest BCUT2D eigenvalue weighted by molar-refractivity contribution is -0.121. The summed E-state index contributed by atoms with van der Waals surface area (Å²) < 4.78 is 0. The maximum absolute atomic E-state index is 12.0.